The molecule has 16 N–H and O–H groups in total. The highest BCUT2D eigenvalue weighted by Crippen LogP contribution is 2.31. The Labute approximate surface area is 850 Å². The van der Waals surface area contributed by atoms with Crippen molar-refractivity contribution in [2.45, 2.75) is 340 Å². The lowest BCUT2D eigenvalue weighted by atomic mass is 9.76. The maximum absolute atomic E-state index is 14.1. The van der Waals surface area contributed by atoms with Crippen molar-refractivity contribution < 1.29 is 170 Å². The van der Waals surface area contributed by atoms with E-state index in [4.69, 9.17) is 53.8 Å². The van der Waals surface area contributed by atoms with Gasteiger partial charge in [0.05, 0.1) is 96.2 Å². The number of ketones is 7. The van der Waals surface area contributed by atoms with Crippen molar-refractivity contribution in [3.63, 3.8) is 0 Å². The third kappa shape index (κ3) is 76.8. The molecule has 44 heteroatoms. The number of aromatic nitrogens is 2. The van der Waals surface area contributed by atoms with E-state index in [0.717, 1.165) is 103 Å². The van der Waals surface area contributed by atoms with Gasteiger partial charge in [-0.15, -0.1) is 0 Å². The highest BCUT2D eigenvalue weighted by molar-refractivity contribution is 5.96. The van der Waals surface area contributed by atoms with Crippen LogP contribution in [0.2, 0.25) is 0 Å². The summed E-state index contributed by atoms with van der Waals surface area (Å²) in [6.07, 6.45) is 21.4. The first-order valence-corrected chi connectivity index (χ1v) is 51.6. The lowest BCUT2D eigenvalue weighted by Crippen LogP contribution is -2.41. The number of nitrogens with one attached hydrogen (secondary N) is 7. The number of H-pyrrole nitrogens is 1. The van der Waals surface area contributed by atoms with Gasteiger partial charge in [-0.3, -0.25) is 86.3 Å². The first kappa shape index (κ1) is 133. The number of rotatable bonds is 104. The third-order valence-corrected chi connectivity index (χ3v) is 24.1. The molecule has 0 spiro atoms. The van der Waals surface area contributed by atoms with Crippen molar-refractivity contribution in [3.8, 4) is 0 Å². The van der Waals surface area contributed by atoms with Gasteiger partial charge in [0.2, 0.25) is 35.4 Å². The zero-order valence-corrected chi connectivity index (χ0v) is 85.4. The molecule has 0 unspecified atom stereocenters. The largest absolute Gasteiger partial charge is 0.481 e. The molecule has 0 aliphatic heterocycles. The van der Waals surface area contributed by atoms with Crippen molar-refractivity contribution in [2.75, 3.05) is 132 Å². The molecule has 0 saturated heterocycles. The molecule has 0 radical (unpaired) electrons. The van der Waals surface area contributed by atoms with Crippen LogP contribution >= 0.6 is 0 Å². The number of unbranched alkanes of at least 4 members (excludes halogenated alkanes) is 20. The molecule has 1 rings (SSSR count). The van der Waals surface area contributed by atoms with Gasteiger partial charge in [-0.05, 0) is 89.9 Å². The average molecular weight is 2070 g/mol. The van der Waals surface area contributed by atoms with Crippen molar-refractivity contribution in [1.82, 2.24) is 41.9 Å². The lowest BCUT2D eigenvalue weighted by Gasteiger charge is -2.26. The number of aromatic amines is 1. The zero-order valence-electron chi connectivity index (χ0n) is 85.4. The summed E-state index contributed by atoms with van der Waals surface area (Å²) in [4.78, 5) is 255. The minimum Gasteiger partial charge on any atom is -0.481 e. The van der Waals surface area contributed by atoms with Crippen LogP contribution in [0.4, 0.5) is 0 Å². The average Bonchev–Trinajstić information content (AvgIpc) is 1.27. The Bertz CT molecular complexity index is 3940. The summed E-state index contributed by atoms with van der Waals surface area (Å²) >= 11 is 0. The molecule has 44 nitrogen and oxygen atoms in total. The van der Waals surface area contributed by atoms with Crippen molar-refractivity contribution in [3.05, 3.63) is 18.2 Å². The Morgan fingerprint density at radius 2 is 0.662 bits per heavy atom. The Hall–Kier alpha value is -10.3. The van der Waals surface area contributed by atoms with E-state index >= 15 is 0 Å². The van der Waals surface area contributed by atoms with E-state index in [1.54, 1.807) is 13.8 Å². The number of imidazole rings is 1. The van der Waals surface area contributed by atoms with E-state index in [-0.39, 0.29) is 290 Å². The van der Waals surface area contributed by atoms with Gasteiger partial charge in [-0.2, -0.15) is 0 Å². The minimum absolute atomic E-state index is 0.0511. The Kier molecular flexibility index (Phi) is 78.4. The maximum atomic E-state index is 14.1. The van der Waals surface area contributed by atoms with Gasteiger partial charge in [0.15, 0.2) is 11.6 Å². The number of hydrogen-bond acceptors (Lipinski definition) is 30. The molecule has 0 aliphatic rings. The number of hydrogen-bond donors (Lipinski definition) is 15. The van der Waals surface area contributed by atoms with Crippen LogP contribution in [0.15, 0.2) is 12.5 Å². The van der Waals surface area contributed by atoms with Crippen LogP contribution in [0, 0.1) is 29.1 Å². The summed E-state index contributed by atoms with van der Waals surface area (Å²) in [5.74, 6) is -17.7. The molecule has 6 amide bonds. The number of nitrogens with two attached hydrogens (primary N) is 1. The number of carbonyl (C=O) groups is 20. The van der Waals surface area contributed by atoms with Crippen LogP contribution < -0.4 is 37.6 Å². The van der Waals surface area contributed by atoms with Gasteiger partial charge in [-0.25, -0.2) is 14.6 Å². The molecule has 0 fully saturated rings. The van der Waals surface area contributed by atoms with Crippen LogP contribution in [-0.2, 0) is 140 Å². The summed E-state index contributed by atoms with van der Waals surface area (Å²) in [5.41, 5.74) is 5.60. The van der Waals surface area contributed by atoms with Crippen LogP contribution in [-0.4, -0.2) is 313 Å². The smallest absolute Gasteiger partial charge is 0.326 e. The first-order valence-electron chi connectivity index (χ1n) is 51.6. The van der Waals surface area contributed by atoms with Crippen LogP contribution in [0.1, 0.15) is 321 Å². The maximum Gasteiger partial charge on any atom is 0.326 e. The van der Waals surface area contributed by atoms with E-state index in [0.29, 0.717) is 69.9 Å². The Balaban J connectivity index is 2.35. The standard InChI is InChI=1S/C101H167N9O35/c1-101(2,66-86(116)82(102)65-77-67-103-72-108-77)87(117)64-73(29-23-25-45-104-91(121)69-143-58-54-139-50-28-33-81(114)68-142-57-55-140-51-47-106-88(118)43-37-75(97(130)131)62-80(113)40-42-84(100(136)137)109-89(119)34-20-16-12-8-4-6-10-14-18-22-36-95(126)127)85(115)63-74(96(128)129)30-24-26-46-105-92(122)70-145-60-56-141-52-48-107-93(123)71-144-59-53-138-49-27-32-78(111)39-41-83(99(134)135)110-90(120)44-38-76(98(132)133)61-79(112)31-19-15-11-7-3-5-9-13-17-21-35-94(124)125/h67,72-76,82-84H,3-66,68-71,102H2,1-2H3,(H,103,108)(H,104,121)(H,105,122)(H,106,118)(H,107,123)(H,109,119)(H,110,120)(H,124,125)(H,126,127)(H,128,129)(H,130,131)(H,132,133)(H,134,135)(H,136,137)/t73-,74-,75-,76-,82+,83+,84+/m1/s1. The molecule has 0 aliphatic carbocycles. The summed E-state index contributed by atoms with van der Waals surface area (Å²) in [6.45, 7) is 4.10. The quantitative estimate of drug-likeness (QED) is 0.0273. The van der Waals surface area contributed by atoms with Gasteiger partial charge in [0.25, 0.3) is 0 Å². The summed E-state index contributed by atoms with van der Waals surface area (Å²) in [5, 5.41) is 81.9. The lowest BCUT2D eigenvalue weighted by molar-refractivity contribution is -0.145. The van der Waals surface area contributed by atoms with Crippen LogP contribution in [0.25, 0.3) is 0 Å². The molecule has 0 bridgehead atoms. The predicted molar refractivity (Wildman–Crippen MR) is 526 cm³/mol. The van der Waals surface area contributed by atoms with Crippen molar-refractivity contribution in [1.29, 1.82) is 0 Å². The van der Waals surface area contributed by atoms with Crippen LogP contribution in [0.3, 0.4) is 0 Å². The van der Waals surface area contributed by atoms with Crippen LogP contribution in [0.5, 0.6) is 0 Å². The molecule has 826 valence electrons. The summed E-state index contributed by atoms with van der Waals surface area (Å²) in [6, 6.07) is -3.65. The molecule has 7 atom stereocenters. The monoisotopic (exact) mass is 2070 g/mol. The van der Waals surface area contributed by atoms with Crippen molar-refractivity contribution >= 4 is 118 Å². The normalized spacial score (nSPS) is 12.8. The van der Waals surface area contributed by atoms with E-state index in [1.165, 1.54) is 12.5 Å². The molecule has 1 aromatic heterocycles. The topological polar surface area (TPSA) is 684 Å². The Morgan fingerprint density at radius 3 is 1.09 bits per heavy atom. The number of nitrogens with zero attached hydrogens (tertiary/aromatic N) is 1. The Morgan fingerprint density at radius 1 is 0.310 bits per heavy atom. The van der Waals surface area contributed by atoms with Gasteiger partial charge < -0.3 is 116 Å². The van der Waals surface area contributed by atoms with E-state index in [9.17, 15) is 121 Å². The highest BCUT2D eigenvalue weighted by atomic mass is 16.5. The second kappa shape index (κ2) is 85.7. The zero-order chi connectivity index (χ0) is 107. The fourth-order valence-corrected chi connectivity index (χ4v) is 15.4. The minimum atomic E-state index is -1.39. The van der Waals surface area contributed by atoms with Gasteiger partial charge in [-0.1, -0.05) is 129 Å². The van der Waals surface area contributed by atoms with Gasteiger partial charge >= 0.3 is 41.8 Å². The fourth-order valence-electron chi connectivity index (χ4n) is 15.4. The highest BCUT2D eigenvalue weighted by Gasteiger charge is 2.37. The number of Topliss-reactive ketones (excluding diaryl/α,β-unsaturated/α-hetero) is 7. The third-order valence-electron chi connectivity index (χ3n) is 24.1. The second-order valence-electron chi connectivity index (χ2n) is 37.3. The first-order chi connectivity index (χ1) is 69.4. The molecule has 1 heterocycles. The molecule has 145 heavy (non-hydrogen) atoms. The summed E-state index contributed by atoms with van der Waals surface area (Å²) in [7, 11) is 0. The molecular weight excluding hydrogens is 1900 g/mol. The molecule has 1 aromatic rings. The number of carboxylic acids is 7. The fraction of sp³-hybridized carbons (Fsp3) is 0.772. The second-order valence-corrected chi connectivity index (χ2v) is 37.3. The number of amides is 6. The molecule has 0 aromatic carbocycles. The van der Waals surface area contributed by atoms with E-state index in [2.05, 4.69) is 41.9 Å². The molecule has 0 saturated carbocycles. The van der Waals surface area contributed by atoms with E-state index in [1.807, 2.05) is 0 Å². The number of carboxylic acid groups (broad SMARTS) is 7. The summed E-state index contributed by atoms with van der Waals surface area (Å²) < 4.78 is 43.5. The number of carbonyl (C=O) groups excluding carboxylic acids is 13. The van der Waals surface area contributed by atoms with Gasteiger partial charge in [0.1, 0.15) is 67.4 Å². The number of aliphatic carboxylic acids is 7. The van der Waals surface area contributed by atoms with E-state index < -0.39 is 148 Å². The SMILES string of the molecule is CC(C)(CC(=O)[C@@H](N)Cc1cnc[nH]1)C(=O)C[C@@H](CCCCNC(=O)COCCOCCCC(=O)COCCOCCNC(=O)CC[C@H](CC(=O)CC[C@H](NC(=O)CCCCCCCCCCCCC(=O)O)C(=O)O)C(=O)O)C(=O)C[C@@H](CCCCNC(=O)COCCOCCNC(=O)COCCOCCCC(=O)CC[C@H](NC(=O)CC[C@H](CC(=O)CCCCCCCCCCCCC(=O)O)C(=O)O)C(=O)O)C(=O)O. The molecular formula is C101H167N9O35. The van der Waals surface area contributed by atoms with Gasteiger partial charge in [0, 0.05) is 165 Å². The van der Waals surface area contributed by atoms with Crippen molar-refractivity contribution in [2.24, 2.45) is 34.8 Å². The number of ether oxygens (including phenoxy) is 8. The predicted octanol–water partition coefficient (Wildman–Crippen LogP) is 8.25.